The Morgan fingerprint density at radius 1 is 1.25 bits per heavy atom. The molecule has 2 rings (SSSR count). The first-order chi connectivity index (χ1) is 9.61. The van der Waals surface area contributed by atoms with Crippen molar-refractivity contribution in [2.75, 3.05) is 6.54 Å². The molecule has 0 radical (unpaired) electrons. The maximum atomic E-state index is 13.8. The van der Waals surface area contributed by atoms with E-state index in [0.717, 1.165) is 5.56 Å². The van der Waals surface area contributed by atoms with Crippen LogP contribution in [0.5, 0.6) is 0 Å². The number of benzene rings is 1. The summed E-state index contributed by atoms with van der Waals surface area (Å²) in [5, 5.41) is 3.29. The number of halogens is 3. The summed E-state index contributed by atoms with van der Waals surface area (Å²) >= 11 is 5.66. The molecule has 0 aliphatic rings. The van der Waals surface area contributed by atoms with E-state index < -0.39 is 5.82 Å². The zero-order valence-electron chi connectivity index (χ0n) is 11.0. The average Bonchev–Trinajstić information content (AvgIpc) is 2.43. The highest BCUT2D eigenvalue weighted by atomic mass is 35.5. The Morgan fingerprint density at radius 3 is 2.70 bits per heavy atom. The smallest absolute Gasteiger partial charge is 0.146 e. The zero-order chi connectivity index (χ0) is 14.5. The molecule has 0 saturated heterocycles. The molecule has 0 saturated carbocycles. The second kappa shape index (κ2) is 6.77. The molecule has 0 spiro atoms. The number of nitrogens with zero attached hydrogens (tertiary/aromatic N) is 1. The van der Waals surface area contributed by atoms with E-state index in [0.29, 0.717) is 18.5 Å². The van der Waals surface area contributed by atoms with Gasteiger partial charge in [-0.3, -0.25) is 4.98 Å². The Hall–Kier alpha value is -1.52. The van der Waals surface area contributed by atoms with Crippen LogP contribution in [0.3, 0.4) is 0 Å². The molecular weight excluding hydrogens is 282 g/mol. The minimum absolute atomic E-state index is 0.0869. The Bertz CT molecular complexity index is 590. The molecule has 1 atom stereocenters. The summed E-state index contributed by atoms with van der Waals surface area (Å²) in [6.07, 6.45) is 3.20. The molecule has 1 aromatic heterocycles. The van der Waals surface area contributed by atoms with Gasteiger partial charge in [-0.2, -0.15) is 0 Å². The maximum Gasteiger partial charge on any atom is 0.146 e. The quantitative estimate of drug-likeness (QED) is 0.905. The molecule has 1 heterocycles. The molecule has 1 unspecified atom stereocenters. The van der Waals surface area contributed by atoms with E-state index in [1.165, 1.54) is 18.3 Å². The molecule has 2 aromatic rings. The molecule has 0 aliphatic heterocycles. The van der Waals surface area contributed by atoms with E-state index in [-0.39, 0.29) is 16.9 Å². The van der Waals surface area contributed by atoms with Gasteiger partial charge < -0.3 is 5.32 Å². The zero-order valence-corrected chi connectivity index (χ0v) is 11.8. The van der Waals surface area contributed by atoms with Gasteiger partial charge in [-0.15, -0.1) is 0 Å². The third kappa shape index (κ3) is 3.52. The fourth-order valence-corrected chi connectivity index (χ4v) is 2.23. The fourth-order valence-electron chi connectivity index (χ4n) is 2.11. The molecule has 0 aliphatic carbocycles. The highest BCUT2D eigenvalue weighted by molar-refractivity contribution is 6.30. The normalized spacial score (nSPS) is 12.4. The molecule has 0 fully saturated rings. The number of rotatable bonds is 5. The van der Waals surface area contributed by atoms with Crippen LogP contribution in [0.15, 0.2) is 36.7 Å². The summed E-state index contributed by atoms with van der Waals surface area (Å²) in [6, 6.07) is 6.04. The first-order valence-electron chi connectivity index (χ1n) is 6.38. The predicted molar refractivity (Wildman–Crippen MR) is 75.7 cm³/mol. The van der Waals surface area contributed by atoms with Crippen LogP contribution in [0.4, 0.5) is 8.78 Å². The highest BCUT2D eigenvalue weighted by Crippen LogP contribution is 2.23. The van der Waals surface area contributed by atoms with Gasteiger partial charge in [-0.1, -0.05) is 24.6 Å². The topological polar surface area (TPSA) is 24.9 Å². The maximum absolute atomic E-state index is 13.8. The number of hydrogen-bond acceptors (Lipinski definition) is 2. The van der Waals surface area contributed by atoms with Crippen molar-refractivity contribution in [2.45, 2.75) is 19.4 Å². The number of nitrogens with one attached hydrogen (secondary N) is 1. The van der Waals surface area contributed by atoms with Crippen LogP contribution in [0.1, 0.15) is 24.1 Å². The SMILES string of the molecule is CCNC(Cc1ccc(Cl)c(F)c1)c1ccncc1F. The highest BCUT2D eigenvalue weighted by Gasteiger charge is 2.16. The lowest BCUT2D eigenvalue weighted by molar-refractivity contribution is 0.506. The standard InChI is InChI=1S/C15H15ClF2N2/c1-2-20-15(11-5-6-19-9-14(11)18)8-10-3-4-12(16)13(17)7-10/h3-7,9,15,20H,2,8H2,1H3. The third-order valence-corrected chi connectivity index (χ3v) is 3.36. The van der Waals surface area contributed by atoms with E-state index in [2.05, 4.69) is 10.3 Å². The first-order valence-corrected chi connectivity index (χ1v) is 6.76. The molecule has 1 aromatic carbocycles. The summed E-state index contributed by atoms with van der Waals surface area (Å²) in [5.74, 6) is -0.831. The van der Waals surface area contributed by atoms with Gasteiger partial charge in [-0.05, 0) is 36.7 Å². The Balaban J connectivity index is 2.25. The molecule has 106 valence electrons. The Kier molecular flexibility index (Phi) is 5.04. The Labute approximate surface area is 121 Å². The van der Waals surface area contributed by atoms with Crippen molar-refractivity contribution in [2.24, 2.45) is 0 Å². The molecule has 5 heteroatoms. The number of aromatic nitrogens is 1. The predicted octanol–water partition coefficient (Wildman–Crippen LogP) is 3.91. The molecule has 0 amide bonds. The van der Waals surface area contributed by atoms with Crippen LogP contribution in [-0.4, -0.2) is 11.5 Å². The largest absolute Gasteiger partial charge is 0.310 e. The molecular formula is C15H15ClF2N2. The average molecular weight is 297 g/mol. The fraction of sp³-hybridized carbons (Fsp3) is 0.267. The van der Waals surface area contributed by atoms with Gasteiger partial charge in [0.05, 0.1) is 11.2 Å². The second-order valence-electron chi connectivity index (χ2n) is 4.46. The van der Waals surface area contributed by atoms with E-state index in [1.807, 2.05) is 6.92 Å². The lowest BCUT2D eigenvalue weighted by Gasteiger charge is -2.19. The summed E-state index contributed by atoms with van der Waals surface area (Å²) in [7, 11) is 0. The van der Waals surface area contributed by atoms with Gasteiger partial charge in [-0.25, -0.2) is 8.78 Å². The van der Waals surface area contributed by atoms with Gasteiger partial charge in [0.2, 0.25) is 0 Å². The minimum atomic E-state index is -0.463. The lowest BCUT2D eigenvalue weighted by Crippen LogP contribution is -2.24. The van der Waals surface area contributed by atoms with E-state index in [9.17, 15) is 8.78 Å². The monoisotopic (exact) mass is 296 g/mol. The van der Waals surface area contributed by atoms with Crippen molar-refractivity contribution >= 4 is 11.6 Å². The van der Waals surface area contributed by atoms with Crippen LogP contribution in [0.2, 0.25) is 5.02 Å². The molecule has 20 heavy (non-hydrogen) atoms. The summed E-state index contributed by atoms with van der Waals surface area (Å²) < 4.78 is 27.3. The number of likely N-dealkylation sites (N-methyl/N-ethyl adjacent to an activating group) is 1. The van der Waals surface area contributed by atoms with Crippen LogP contribution in [0.25, 0.3) is 0 Å². The molecule has 1 N–H and O–H groups in total. The molecule has 2 nitrogen and oxygen atoms in total. The van der Waals surface area contributed by atoms with Crippen LogP contribution in [0, 0.1) is 11.6 Å². The number of pyridine rings is 1. The van der Waals surface area contributed by atoms with Crippen molar-refractivity contribution in [1.82, 2.24) is 10.3 Å². The second-order valence-corrected chi connectivity index (χ2v) is 4.87. The molecule has 0 bridgehead atoms. The van der Waals surface area contributed by atoms with Gasteiger partial charge in [0, 0.05) is 17.8 Å². The van der Waals surface area contributed by atoms with E-state index >= 15 is 0 Å². The summed E-state index contributed by atoms with van der Waals surface area (Å²) in [6.45, 7) is 2.62. The summed E-state index contributed by atoms with van der Waals surface area (Å²) in [4.78, 5) is 3.74. The van der Waals surface area contributed by atoms with Crippen molar-refractivity contribution in [3.8, 4) is 0 Å². The van der Waals surface area contributed by atoms with Gasteiger partial charge in [0.25, 0.3) is 0 Å². The van der Waals surface area contributed by atoms with Gasteiger partial charge in [0.15, 0.2) is 0 Å². The van der Waals surface area contributed by atoms with E-state index in [4.69, 9.17) is 11.6 Å². The van der Waals surface area contributed by atoms with Gasteiger partial charge >= 0.3 is 0 Å². The van der Waals surface area contributed by atoms with Crippen molar-refractivity contribution in [1.29, 1.82) is 0 Å². The minimum Gasteiger partial charge on any atom is -0.310 e. The van der Waals surface area contributed by atoms with Crippen molar-refractivity contribution in [3.05, 3.63) is 64.4 Å². The van der Waals surface area contributed by atoms with Crippen LogP contribution in [-0.2, 0) is 6.42 Å². The van der Waals surface area contributed by atoms with Crippen molar-refractivity contribution < 1.29 is 8.78 Å². The van der Waals surface area contributed by atoms with Crippen LogP contribution >= 0.6 is 11.6 Å². The lowest BCUT2D eigenvalue weighted by atomic mass is 9.99. The number of hydrogen-bond donors (Lipinski definition) is 1. The first kappa shape index (κ1) is 14.9. The Morgan fingerprint density at radius 2 is 2.05 bits per heavy atom. The summed E-state index contributed by atoms with van der Waals surface area (Å²) in [5.41, 5.74) is 1.28. The third-order valence-electron chi connectivity index (χ3n) is 3.05. The van der Waals surface area contributed by atoms with Crippen LogP contribution < -0.4 is 5.32 Å². The van der Waals surface area contributed by atoms with Gasteiger partial charge in [0.1, 0.15) is 11.6 Å². The van der Waals surface area contributed by atoms with Crippen molar-refractivity contribution in [3.63, 3.8) is 0 Å². The van der Waals surface area contributed by atoms with E-state index in [1.54, 1.807) is 18.3 Å².